The molecule has 0 aliphatic carbocycles. The molecule has 1 aliphatic heterocycles. The lowest BCUT2D eigenvalue weighted by atomic mass is 10.1. The lowest BCUT2D eigenvalue weighted by Gasteiger charge is -1.88. The summed E-state index contributed by atoms with van der Waals surface area (Å²) in [4.78, 5) is 10.4. The van der Waals surface area contributed by atoms with E-state index in [9.17, 15) is 4.79 Å². The van der Waals surface area contributed by atoms with Crippen molar-refractivity contribution in [1.82, 2.24) is 0 Å². The normalized spacial score (nSPS) is 20.8. The van der Waals surface area contributed by atoms with E-state index in [4.69, 9.17) is 9.84 Å². The highest BCUT2D eigenvalue weighted by Gasteiger charge is 2.35. The van der Waals surface area contributed by atoms with Gasteiger partial charge in [0.05, 0.1) is 12.2 Å². The van der Waals surface area contributed by atoms with Crippen LogP contribution in [0, 0.1) is 0 Å². The number of carboxylic acids is 1. The Bertz CT molecular complexity index is 497. The van der Waals surface area contributed by atoms with Crippen LogP contribution in [-0.4, -0.2) is 23.3 Å². The molecular formula is C22H32O3. The smallest absolute Gasteiger partial charge is 0.303 e. The Morgan fingerprint density at radius 3 is 1.80 bits per heavy atom. The Balaban J connectivity index is 1.97. The van der Waals surface area contributed by atoms with Crippen molar-refractivity contribution in [3.8, 4) is 0 Å². The molecule has 138 valence electrons. The molecule has 0 bridgehead atoms. The molecule has 0 unspecified atom stereocenters. The largest absolute Gasteiger partial charge is 0.481 e. The van der Waals surface area contributed by atoms with Crippen molar-refractivity contribution >= 4 is 5.97 Å². The molecule has 1 saturated heterocycles. The van der Waals surface area contributed by atoms with E-state index < -0.39 is 5.97 Å². The number of ether oxygens (including phenoxy) is 1. The van der Waals surface area contributed by atoms with Crippen LogP contribution in [-0.2, 0) is 9.53 Å². The number of carbonyl (C=O) groups is 1. The molecule has 1 rings (SSSR count). The van der Waals surface area contributed by atoms with Crippen LogP contribution in [0.15, 0.2) is 60.8 Å². The molecule has 0 spiro atoms. The summed E-state index contributed by atoms with van der Waals surface area (Å²) in [7, 11) is 0. The zero-order valence-electron chi connectivity index (χ0n) is 15.3. The Kier molecular flexibility index (Phi) is 12.3. The molecule has 0 radical (unpaired) electrons. The number of epoxide rings is 1. The Hall–Kier alpha value is -1.87. The zero-order valence-corrected chi connectivity index (χ0v) is 15.3. The average Bonchev–Trinajstić information content (AvgIpc) is 3.34. The third-order valence-corrected chi connectivity index (χ3v) is 3.83. The van der Waals surface area contributed by atoms with E-state index in [1.165, 1.54) is 0 Å². The van der Waals surface area contributed by atoms with Gasteiger partial charge in [-0.3, -0.25) is 4.79 Å². The first kappa shape index (κ1) is 21.2. The number of carboxylic acid groups (broad SMARTS) is 1. The van der Waals surface area contributed by atoms with Gasteiger partial charge in [-0.15, -0.1) is 0 Å². The van der Waals surface area contributed by atoms with Gasteiger partial charge in [0, 0.05) is 6.42 Å². The maximum Gasteiger partial charge on any atom is 0.303 e. The SMILES string of the molecule is CCC=CCC=CCC=CC[C@H]1O[C@H]1CC=CCC=CCCC(=O)O. The second-order valence-corrected chi connectivity index (χ2v) is 6.09. The monoisotopic (exact) mass is 344 g/mol. The molecule has 25 heavy (non-hydrogen) atoms. The summed E-state index contributed by atoms with van der Waals surface area (Å²) in [5, 5.41) is 8.52. The Labute approximate surface area is 152 Å². The fourth-order valence-corrected chi connectivity index (χ4v) is 2.36. The van der Waals surface area contributed by atoms with Gasteiger partial charge in [-0.05, 0) is 44.9 Å². The van der Waals surface area contributed by atoms with Crippen molar-refractivity contribution in [3.63, 3.8) is 0 Å². The Morgan fingerprint density at radius 2 is 1.28 bits per heavy atom. The molecule has 3 heteroatoms. The van der Waals surface area contributed by atoms with Crippen LogP contribution in [0.25, 0.3) is 0 Å². The van der Waals surface area contributed by atoms with Crippen LogP contribution >= 0.6 is 0 Å². The lowest BCUT2D eigenvalue weighted by molar-refractivity contribution is -0.136. The minimum absolute atomic E-state index is 0.205. The lowest BCUT2D eigenvalue weighted by Crippen LogP contribution is -1.91. The Morgan fingerprint density at radius 1 is 0.800 bits per heavy atom. The number of hydrogen-bond acceptors (Lipinski definition) is 2. The molecule has 0 aromatic heterocycles. The summed E-state index contributed by atoms with van der Waals surface area (Å²) in [6, 6.07) is 0. The van der Waals surface area contributed by atoms with Crippen molar-refractivity contribution < 1.29 is 14.6 Å². The molecular weight excluding hydrogens is 312 g/mol. The van der Waals surface area contributed by atoms with Gasteiger partial charge < -0.3 is 9.84 Å². The number of allylic oxidation sites excluding steroid dienone is 8. The fraction of sp³-hybridized carbons (Fsp3) is 0.500. The van der Waals surface area contributed by atoms with Crippen LogP contribution in [0.2, 0.25) is 0 Å². The summed E-state index contributed by atoms with van der Waals surface area (Å²) in [5.74, 6) is -0.744. The molecule has 0 amide bonds. The van der Waals surface area contributed by atoms with Gasteiger partial charge >= 0.3 is 5.97 Å². The van der Waals surface area contributed by atoms with Crippen molar-refractivity contribution in [2.75, 3.05) is 0 Å². The topological polar surface area (TPSA) is 49.8 Å². The zero-order chi connectivity index (χ0) is 18.2. The average molecular weight is 344 g/mol. The first-order chi connectivity index (χ1) is 12.2. The van der Waals surface area contributed by atoms with E-state index in [0.29, 0.717) is 18.6 Å². The molecule has 1 N–H and O–H groups in total. The first-order valence-electron chi connectivity index (χ1n) is 9.36. The van der Waals surface area contributed by atoms with Gasteiger partial charge in [-0.2, -0.15) is 0 Å². The van der Waals surface area contributed by atoms with E-state index in [1.54, 1.807) is 0 Å². The van der Waals surface area contributed by atoms with Gasteiger partial charge in [0.15, 0.2) is 0 Å². The highest BCUT2D eigenvalue weighted by Crippen LogP contribution is 2.29. The van der Waals surface area contributed by atoms with Gasteiger partial charge in [-0.1, -0.05) is 67.7 Å². The second kappa shape index (κ2) is 14.5. The van der Waals surface area contributed by atoms with Crippen molar-refractivity contribution in [1.29, 1.82) is 0 Å². The van der Waals surface area contributed by atoms with Gasteiger partial charge in [0.2, 0.25) is 0 Å². The molecule has 0 aromatic rings. The quantitative estimate of drug-likeness (QED) is 0.322. The predicted molar refractivity (Wildman–Crippen MR) is 105 cm³/mol. The standard InChI is InChI=1S/C22H32O3/c1-2-3-4-5-6-7-8-11-14-17-20-21(25-20)18-15-12-9-10-13-16-19-22(23)24/h3-4,6-7,10-15,20-21H,2,5,8-9,16-19H2,1H3,(H,23,24)/t20-,21+/m1/s1. The summed E-state index contributed by atoms with van der Waals surface area (Å²) in [5.41, 5.74) is 0. The van der Waals surface area contributed by atoms with E-state index in [-0.39, 0.29) is 6.42 Å². The van der Waals surface area contributed by atoms with Crippen LogP contribution in [0.3, 0.4) is 0 Å². The maximum atomic E-state index is 10.4. The van der Waals surface area contributed by atoms with Gasteiger partial charge in [0.25, 0.3) is 0 Å². The molecule has 3 nitrogen and oxygen atoms in total. The van der Waals surface area contributed by atoms with Crippen molar-refractivity contribution in [2.45, 2.75) is 70.5 Å². The van der Waals surface area contributed by atoms with E-state index in [2.05, 4.69) is 55.5 Å². The van der Waals surface area contributed by atoms with E-state index >= 15 is 0 Å². The van der Waals surface area contributed by atoms with Crippen molar-refractivity contribution in [2.24, 2.45) is 0 Å². The highest BCUT2D eigenvalue weighted by atomic mass is 16.6. The van der Waals surface area contributed by atoms with E-state index in [1.807, 2.05) is 12.2 Å². The van der Waals surface area contributed by atoms with Crippen LogP contribution < -0.4 is 0 Å². The number of rotatable bonds is 14. The molecule has 1 heterocycles. The second-order valence-electron chi connectivity index (χ2n) is 6.09. The van der Waals surface area contributed by atoms with Crippen LogP contribution in [0.5, 0.6) is 0 Å². The minimum Gasteiger partial charge on any atom is -0.481 e. The summed E-state index contributed by atoms with van der Waals surface area (Å²) in [6.45, 7) is 2.15. The van der Waals surface area contributed by atoms with Crippen LogP contribution in [0.1, 0.15) is 58.3 Å². The molecule has 0 aromatic carbocycles. The predicted octanol–water partition coefficient (Wildman–Crippen LogP) is 5.76. The first-order valence-corrected chi connectivity index (χ1v) is 9.36. The van der Waals surface area contributed by atoms with E-state index in [0.717, 1.165) is 38.5 Å². The molecule has 1 fully saturated rings. The minimum atomic E-state index is -0.744. The number of hydrogen-bond donors (Lipinski definition) is 1. The maximum absolute atomic E-state index is 10.4. The third kappa shape index (κ3) is 13.1. The van der Waals surface area contributed by atoms with Gasteiger partial charge in [-0.25, -0.2) is 0 Å². The van der Waals surface area contributed by atoms with Gasteiger partial charge in [0.1, 0.15) is 0 Å². The van der Waals surface area contributed by atoms with Crippen LogP contribution in [0.4, 0.5) is 0 Å². The van der Waals surface area contributed by atoms with Crippen molar-refractivity contribution in [3.05, 3.63) is 60.8 Å². The summed E-state index contributed by atoms with van der Waals surface area (Å²) >= 11 is 0. The highest BCUT2D eigenvalue weighted by molar-refractivity contribution is 5.66. The molecule has 0 saturated carbocycles. The number of aliphatic carboxylic acids is 1. The molecule has 2 atom stereocenters. The fourth-order valence-electron chi connectivity index (χ4n) is 2.36. The third-order valence-electron chi connectivity index (χ3n) is 3.83. The summed E-state index contributed by atoms with van der Waals surface area (Å²) < 4.78 is 5.65. The molecule has 1 aliphatic rings. The summed E-state index contributed by atoms with van der Waals surface area (Å²) in [6.07, 6.45) is 28.9.